The van der Waals surface area contributed by atoms with Crippen molar-refractivity contribution in [3.63, 3.8) is 0 Å². The molecule has 0 aliphatic heterocycles. The molecule has 0 saturated heterocycles. The summed E-state index contributed by atoms with van der Waals surface area (Å²) in [6.07, 6.45) is 4.74. The van der Waals surface area contributed by atoms with Crippen molar-refractivity contribution in [3.8, 4) is 5.69 Å². The number of nitrogens with two attached hydrogens (primary N) is 1. The van der Waals surface area contributed by atoms with Gasteiger partial charge in [0.1, 0.15) is 0 Å². The van der Waals surface area contributed by atoms with Gasteiger partial charge >= 0.3 is 0 Å². The Morgan fingerprint density at radius 2 is 2.06 bits per heavy atom. The molecule has 2 rings (SSSR count). The lowest BCUT2D eigenvalue weighted by Crippen LogP contribution is -1.99. The molecule has 0 amide bonds. The molecule has 0 bridgehead atoms. The first kappa shape index (κ1) is 13.3. The van der Waals surface area contributed by atoms with Crippen LogP contribution in [0, 0.1) is 0 Å². The Morgan fingerprint density at radius 1 is 1.22 bits per heavy atom. The van der Waals surface area contributed by atoms with Crippen molar-refractivity contribution in [2.75, 3.05) is 6.54 Å². The van der Waals surface area contributed by atoms with Crippen LogP contribution in [0.25, 0.3) is 5.69 Å². The van der Waals surface area contributed by atoms with E-state index < -0.39 is 0 Å². The molecule has 0 aliphatic rings. The molecule has 0 aliphatic carbocycles. The molecule has 0 spiro atoms. The highest BCUT2D eigenvalue weighted by Gasteiger charge is 2.08. The fourth-order valence-electron chi connectivity index (χ4n) is 1.65. The molecule has 0 unspecified atom stereocenters. The van der Waals surface area contributed by atoms with Gasteiger partial charge in [-0.1, -0.05) is 34.5 Å². The summed E-state index contributed by atoms with van der Waals surface area (Å²) in [5, 5.41) is 9.16. The highest BCUT2D eigenvalue weighted by atomic mass is 35.5. The van der Waals surface area contributed by atoms with Crippen LogP contribution in [0.4, 0.5) is 0 Å². The molecule has 96 valence electrons. The van der Waals surface area contributed by atoms with Gasteiger partial charge in [-0.05, 0) is 37.9 Å². The van der Waals surface area contributed by atoms with Gasteiger partial charge in [0.05, 0.1) is 27.6 Å². The average molecular weight is 285 g/mol. The second kappa shape index (κ2) is 6.18. The van der Waals surface area contributed by atoms with Crippen LogP contribution in [-0.4, -0.2) is 21.5 Å². The van der Waals surface area contributed by atoms with Gasteiger partial charge in [0.25, 0.3) is 0 Å². The average Bonchev–Trinajstić information content (AvgIpc) is 2.82. The maximum atomic E-state index is 6.13. The van der Waals surface area contributed by atoms with Crippen molar-refractivity contribution in [2.45, 2.75) is 19.3 Å². The van der Waals surface area contributed by atoms with E-state index >= 15 is 0 Å². The van der Waals surface area contributed by atoms with Crippen LogP contribution >= 0.6 is 23.2 Å². The molecule has 0 radical (unpaired) electrons. The van der Waals surface area contributed by atoms with Gasteiger partial charge in [0.15, 0.2) is 0 Å². The molecule has 1 heterocycles. The number of unbranched alkanes of at least 4 members (excludes halogenated alkanes) is 1. The van der Waals surface area contributed by atoms with Crippen molar-refractivity contribution < 1.29 is 0 Å². The predicted molar refractivity (Wildman–Crippen MR) is 73.4 cm³/mol. The minimum Gasteiger partial charge on any atom is -0.330 e. The lowest BCUT2D eigenvalue weighted by Gasteiger charge is -2.03. The molecular formula is C12H14Cl2N4. The maximum absolute atomic E-state index is 6.13. The Balaban J connectivity index is 2.16. The first-order valence-electron chi connectivity index (χ1n) is 5.78. The number of nitrogens with zero attached hydrogens (tertiary/aromatic N) is 3. The third kappa shape index (κ3) is 3.02. The largest absolute Gasteiger partial charge is 0.330 e. The summed E-state index contributed by atoms with van der Waals surface area (Å²) in [4.78, 5) is 0. The number of benzene rings is 1. The van der Waals surface area contributed by atoms with Crippen LogP contribution in [0.15, 0.2) is 24.4 Å². The Kier molecular flexibility index (Phi) is 4.58. The van der Waals surface area contributed by atoms with Crippen LogP contribution < -0.4 is 5.73 Å². The van der Waals surface area contributed by atoms with E-state index in [1.807, 2.05) is 18.3 Å². The normalized spacial score (nSPS) is 10.8. The van der Waals surface area contributed by atoms with Gasteiger partial charge in [-0.25, -0.2) is 4.68 Å². The van der Waals surface area contributed by atoms with E-state index in [0.717, 1.165) is 30.6 Å². The maximum Gasteiger partial charge on any atom is 0.0865 e. The van der Waals surface area contributed by atoms with Crippen LogP contribution in [0.5, 0.6) is 0 Å². The quantitative estimate of drug-likeness (QED) is 0.859. The third-order valence-corrected chi connectivity index (χ3v) is 3.41. The van der Waals surface area contributed by atoms with E-state index in [0.29, 0.717) is 16.6 Å². The second-order valence-corrected chi connectivity index (χ2v) is 4.76. The van der Waals surface area contributed by atoms with Crippen molar-refractivity contribution in [1.29, 1.82) is 0 Å². The molecule has 4 nitrogen and oxygen atoms in total. The lowest BCUT2D eigenvalue weighted by atomic mass is 10.2. The van der Waals surface area contributed by atoms with Crippen LogP contribution in [0.3, 0.4) is 0 Å². The minimum absolute atomic E-state index is 0.484. The van der Waals surface area contributed by atoms with Crippen molar-refractivity contribution >= 4 is 23.2 Å². The highest BCUT2D eigenvalue weighted by molar-refractivity contribution is 6.43. The zero-order valence-corrected chi connectivity index (χ0v) is 11.3. The standard InChI is InChI=1S/C12H14Cl2N4/c13-10-5-3-6-11(12(10)14)18-8-9(16-17-18)4-1-2-7-15/h3,5-6,8H,1-2,4,7,15H2. The zero-order chi connectivity index (χ0) is 13.0. The van der Waals surface area contributed by atoms with Gasteiger partial charge in [-0.15, -0.1) is 5.10 Å². The van der Waals surface area contributed by atoms with Crippen molar-refractivity contribution in [3.05, 3.63) is 40.1 Å². The number of halogens is 2. The van der Waals surface area contributed by atoms with E-state index in [9.17, 15) is 0 Å². The fraction of sp³-hybridized carbons (Fsp3) is 0.333. The summed E-state index contributed by atoms with van der Waals surface area (Å²) >= 11 is 12.1. The summed E-state index contributed by atoms with van der Waals surface area (Å²) < 4.78 is 1.64. The van der Waals surface area contributed by atoms with Crippen molar-refractivity contribution in [1.82, 2.24) is 15.0 Å². The molecule has 2 N–H and O–H groups in total. The third-order valence-electron chi connectivity index (χ3n) is 2.61. The van der Waals surface area contributed by atoms with E-state index in [4.69, 9.17) is 28.9 Å². The molecule has 0 fully saturated rings. The van der Waals surface area contributed by atoms with Crippen LogP contribution in [0.1, 0.15) is 18.5 Å². The fourth-order valence-corrected chi connectivity index (χ4v) is 2.03. The van der Waals surface area contributed by atoms with E-state index in [1.165, 1.54) is 0 Å². The lowest BCUT2D eigenvalue weighted by molar-refractivity contribution is 0.727. The summed E-state index contributed by atoms with van der Waals surface area (Å²) in [5.74, 6) is 0. The number of aromatic nitrogens is 3. The highest BCUT2D eigenvalue weighted by Crippen LogP contribution is 2.27. The molecular weight excluding hydrogens is 271 g/mol. The number of hydrogen-bond donors (Lipinski definition) is 1. The zero-order valence-electron chi connectivity index (χ0n) is 9.81. The molecule has 2 aromatic rings. The van der Waals surface area contributed by atoms with Gasteiger partial charge in [0.2, 0.25) is 0 Å². The Morgan fingerprint density at radius 3 is 2.83 bits per heavy atom. The molecule has 1 aromatic carbocycles. The first-order valence-corrected chi connectivity index (χ1v) is 6.53. The van der Waals surface area contributed by atoms with Gasteiger partial charge in [0, 0.05) is 0 Å². The molecule has 0 saturated carbocycles. The number of hydrogen-bond acceptors (Lipinski definition) is 3. The Bertz CT molecular complexity index is 525. The predicted octanol–water partition coefficient (Wildman–Crippen LogP) is 2.86. The second-order valence-electron chi connectivity index (χ2n) is 3.97. The monoisotopic (exact) mass is 284 g/mol. The van der Waals surface area contributed by atoms with Gasteiger partial charge in [-0.3, -0.25) is 0 Å². The summed E-state index contributed by atoms with van der Waals surface area (Å²) in [6.45, 7) is 0.703. The van der Waals surface area contributed by atoms with E-state index in [2.05, 4.69) is 10.3 Å². The number of aryl methyl sites for hydroxylation is 1. The Labute approximate surface area is 116 Å². The van der Waals surface area contributed by atoms with E-state index in [-0.39, 0.29) is 0 Å². The molecule has 0 atom stereocenters. The minimum atomic E-state index is 0.484. The number of rotatable bonds is 5. The molecule has 6 heteroatoms. The molecule has 1 aromatic heterocycles. The summed E-state index contributed by atoms with van der Waals surface area (Å²) in [7, 11) is 0. The first-order chi connectivity index (χ1) is 8.72. The summed E-state index contributed by atoms with van der Waals surface area (Å²) in [5.41, 5.74) is 7.12. The van der Waals surface area contributed by atoms with Crippen LogP contribution in [0.2, 0.25) is 10.0 Å². The summed E-state index contributed by atoms with van der Waals surface area (Å²) in [6, 6.07) is 5.43. The SMILES string of the molecule is NCCCCc1cn(-c2cccc(Cl)c2Cl)nn1. The van der Waals surface area contributed by atoms with Gasteiger partial charge in [-0.2, -0.15) is 0 Å². The Hall–Kier alpha value is -1.10. The smallest absolute Gasteiger partial charge is 0.0865 e. The van der Waals surface area contributed by atoms with Gasteiger partial charge < -0.3 is 5.73 Å². The van der Waals surface area contributed by atoms with Crippen molar-refractivity contribution in [2.24, 2.45) is 5.73 Å². The molecule has 18 heavy (non-hydrogen) atoms. The van der Waals surface area contributed by atoms with Crippen LogP contribution in [-0.2, 0) is 6.42 Å². The topological polar surface area (TPSA) is 56.7 Å². The van der Waals surface area contributed by atoms with E-state index in [1.54, 1.807) is 10.7 Å².